The van der Waals surface area contributed by atoms with Crippen LogP contribution in [0.4, 0.5) is 0 Å². The maximum Gasteiger partial charge on any atom is 0.237 e. The molecule has 1 atom stereocenters. The van der Waals surface area contributed by atoms with Crippen LogP contribution in [-0.2, 0) is 29.1 Å². The van der Waals surface area contributed by atoms with Crippen LogP contribution < -0.4 is 11.1 Å². The molecule has 1 amide bonds. The van der Waals surface area contributed by atoms with E-state index < -0.39 is 6.04 Å². The third-order valence-corrected chi connectivity index (χ3v) is 3.40. The Labute approximate surface area is 131 Å². The molecule has 0 spiro atoms. The van der Waals surface area contributed by atoms with E-state index >= 15 is 0 Å². The molecule has 0 aliphatic carbocycles. The van der Waals surface area contributed by atoms with Crippen molar-refractivity contribution in [2.75, 3.05) is 7.11 Å². The van der Waals surface area contributed by atoms with Gasteiger partial charge in [-0.3, -0.25) is 4.79 Å². The van der Waals surface area contributed by atoms with E-state index in [0.29, 0.717) is 19.6 Å². The minimum absolute atomic E-state index is 0.138. The van der Waals surface area contributed by atoms with E-state index in [4.69, 9.17) is 10.5 Å². The highest BCUT2D eigenvalue weighted by atomic mass is 16.5. The summed E-state index contributed by atoms with van der Waals surface area (Å²) in [6, 6.07) is 17.2. The summed E-state index contributed by atoms with van der Waals surface area (Å²) in [4.78, 5) is 12.1. The highest BCUT2D eigenvalue weighted by Gasteiger charge is 2.13. The van der Waals surface area contributed by atoms with Crippen LogP contribution >= 0.6 is 0 Å². The number of hydrogen-bond donors (Lipinski definition) is 2. The maximum absolute atomic E-state index is 12.1. The summed E-state index contributed by atoms with van der Waals surface area (Å²) >= 11 is 0. The van der Waals surface area contributed by atoms with Crippen molar-refractivity contribution in [3.8, 4) is 0 Å². The number of nitrogens with one attached hydrogen (secondary N) is 1. The Balaban J connectivity index is 1.85. The maximum atomic E-state index is 12.1. The average Bonchev–Trinajstić information content (AvgIpc) is 2.54. The Morgan fingerprint density at radius 3 is 2.50 bits per heavy atom. The van der Waals surface area contributed by atoms with Gasteiger partial charge in [-0.15, -0.1) is 0 Å². The topological polar surface area (TPSA) is 64.3 Å². The number of amides is 1. The van der Waals surface area contributed by atoms with Crippen LogP contribution in [0, 0.1) is 0 Å². The van der Waals surface area contributed by atoms with E-state index in [0.717, 1.165) is 16.7 Å². The third-order valence-electron chi connectivity index (χ3n) is 3.40. The summed E-state index contributed by atoms with van der Waals surface area (Å²) in [5, 5.41) is 2.88. The monoisotopic (exact) mass is 298 g/mol. The zero-order chi connectivity index (χ0) is 15.8. The number of ether oxygens (including phenoxy) is 1. The molecule has 2 rings (SSSR count). The van der Waals surface area contributed by atoms with Crippen molar-refractivity contribution < 1.29 is 9.53 Å². The number of carbonyl (C=O) groups excluding carboxylic acids is 1. The molecular formula is C18H22N2O2. The summed E-state index contributed by atoms with van der Waals surface area (Å²) < 4.78 is 5.11. The van der Waals surface area contributed by atoms with Crippen LogP contribution in [-0.4, -0.2) is 19.1 Å². The van der Waals surface area contributed by atoms with Crippen LogP contribution in [0.3, 0.4) is 0 Å². The molecule has 0 aliphatic heterocycles. The van der Waals surface area contributed by atoms with Gasteiger partial charge in [-0.1, -0.05) is 54.6 Å². The highest BCUT2D eigenvalue weighted by molar-refractivity contribution is 5.81. The van der Waals surface area contributed by atoms with Crippen molar-refractivity contribution in [1.82, 2.24) is 5.32 Å². The van der Waals surface area contributed by atoms with Gasteiger partial charge in [-0.05, 0) is 23.1 Å². The Morgan fingerprint density at radius 2 is 1.77 bits per heavy atom. The Morgan fingerprint density at radius 1 is 1.09 bits per heavy atom. The van der Waals surface area contributed by atoms with Gasteiger partial charge >= 0.3 is 0 Å². The minimum atomic E-state index is -0.537. The first-order chi connectivity index (χ1) is 10.7. The molecular weight excluding hydrogens is 276 g/mol. The Hall–Kier alpha value is -2.17. The van der Waals surface area contributed by atoms with E-state index in [-0.39, 0.29) is 5.91 Å². The van der Waals surface area contributed by atoms with E-state index in [9.17, 15) is 4.79 Å². The van der Waals surface area contributed by atoms with Crippen molar-refractivity contribution in [1.29, 1.82) is 0 Å². The fraction of sp³-hybridized carbons (Fsp3) is 0.278. The van der Waals surface area contributed by atoms with Crippen molar-refractivity contribution in [3.63, 3.8) is 0 Å². The molecule has 0 radical (unpaired) electrons. The second kappa shape index (κ2) is 8.32. The largest absolute Gasteiger partial charge is 0.380 e. The molecule has 0 aliphatic rings. The standard InChI is InChI=1S/C18H22N2O2/c1-22-13-16-9-5-8-15(10-16)12-20-18(21)17(19)11-14-6-3-2-4-7-14/h2-10,17H,11-13,19H2,1H3,(H,20,21). The summed E-state index contributed by atoms with van der Waals surface area (Å²) in [7, 11) is 1.66. The van der Waals surface area contributed by atoms with Crippen LogP contribution in [0.15, 0.2) is 54.6 Å². The lowest BCUT2D eigenvalue weighted by molar-refractivity contribution is -0.122. The van der Waals surface area contributed by atoms with Gasteiger partial charge in [0.05, 0.1) is 12.6 Å². The first-order valence-electron chi connectivity index (χ1n) is 7.33. The quantitative estimate of drug-likeness (QED) is 0.822. The third kappa shape index (κ3) is 4.98. The summed E-state index contributed by atoms with van der Waals surface area (Å²) in [5.74, 6) is -0.138. The summed E-state index contributed by atoms with van der Waals surface area (Å²) in [6.45, 7) is 1.04. The molecule has 0 bridgehead atoms. The zero-order valence-corrected chi connectivity index (χ0v) is 12.8. The minimum Gasteiger partial charge on any atom is -0.380 e. The normalized spacial score (nSPS) is 11.9. The van der Waals surface area contributed by atoms with Crippen molar-refractivity contribution >= 4 is 5.91 Å². The summed E-state index contributed by atoms with van der Waals surface area (Å²) in [5.41, 5.74) is 9.14. The SMILES string of the molecule is COCc1cccc(CNC(=O)C(N)Cc2ccccc2)c1. The van der Waals surface area contributed by atoms with Crippen molar-refractivity contribution in [3.05, 3.63) is 71.3 Å². The lowest BCUT2D eigenvalue weighted by atomic mass is 10.1. The second-order valence-electron chi connectivity index (χ2n) is 5.27. The van der Waals surface area contributed by atoms with E-state index in [2.05, 4.69) is 5.32 Å². The molecule has 2 aromatic carbocycles. The van der Waals surface area contributed by atoms with Gasteiger partial charge in [0.1, 0.15) is 0 Å². The predicted octanol–water partition coefficient (Wildman–Crippen LogP) is 2.02. The van der Waals surface area contributed by atoms with Crippen LogP contribution in [0.25, 0.3) is 0 Å². The number of nitrogens with two attached hydrogens (primary N) is 1. The molecule has 0 saturated carbocycles. The molecule has 0 fully saturated rings. The van der Waals surface area contributed by atoms with Gasteiger partial charge in [-0.2, -0.15) is 0 Å². The number of benzene rings is 2. The number of methoxy groups -OCH3 is 1. The fourth-order valence-corrected chi connectivity index (χ4v) is 2.28. The second-order valence-corrected chi connectivity index (χ2v) is 5.27. The van der Waals surface area contributed by atoms with Crippen LogP contribution in [0.2, 0.25) is 0 Å². The molecule has 1 unspecified atom stereocenters. The zero-order valence-electron chi connectivity index (χ0n) is 12.8. The molecule has 0 saturated heterocycles. The molecule has 3 N–H and O–H groups in total. The molecule has 22 heavy (non-hydrogen) atoms. The lowest BCUT2D eigenvalue weighted by Gasteiger charge is -2.13. The first kappa shape index (κ1) is 16.2. The van der Waals surface area contributed by atoms with Gasteiger partial charge in [0.25, 0.3) is 0 Å². The van der Waals surface area contributed by atoms with Gasteiger partial charge in [0.2, 0.25) is 5.91 Å². The van der Waals surface area contributed by atoms with Crippen LogP contribution in [0.5, 0.6) is 0 Å². The predicted molar refractivity (Wildman–Crippen MR) is 87.1 cm³/mol. The Kier molecular flexibility index (Phi) is 6.13. The molecule has 4 heteroatoms. The average molecular weight is 298 g/mol. The van der Waals surface area contributed by atoms with Crippen molar-refractivity contribution in [2.24, 2.45) is 5.73 Å². The van der Waals surface area contributed by atoms with Crippen LogP contribution in [0.1, 0.15) is 16.7 Å². The van der Waals surface area contributed by atoms with Crippen molar-refractivity contribution in [2.45, 2.75) is 25.6 Å². The van der Waals surface area contributed by atoms with Gasteiger partial charge in [-0.25, -0.2) is 0 Å². The summed E-state index contributed by atoms with van der Waals surface area (Å²) in [6.07, 6.45) is 0.538. The highest BCUT2D eigenvalue weighted by Crippen LogP contribution is 2.07. The number of rotatable bonds is 7. The number of carbonyl (C=O) groups is 1. The smallest absolute Gasteiger partial charge is 0.237 e. The molecule has 0 aromatic heterocycles. The van der Waals surface area contributed by atoms with E-state index in [1.807, 2.05) is 54.6 Å². The first-order valence-corrected chi connectivity index (χ1v) is 7.33. The molecule has 2 aromatic rings. The molecule has 116 valence electrons. The fourth-order valence-electron chi connectivity index (χ4n) is 2.28. The van der Waals surface area contributed by atoms with Gasteiger partial charge in [0.15, 0.2) is 0 Å². The Bertz CT molecular complexity index is 599. The molecule has 4 nitrogen and oxygen atoms in total. The van der Waals surface area contributed by atoms with E-state index in [1.54, 1.807) is 7.11 Å². The molecule has 0 heterocycles. The van der Waals surface area contributed by atoms with Gasteiger partial charge < -0.3 is 15.8 Å². The number of hydrogen-bond acceptors (Lipinski definition) is 3. The lowest BCUT2D eigenvalue weighted by Crippen LogP contribution is -2.41. The van der Waals surface area contributed by atoms with Gasteiger partial charge in [0, 0.05) is 13.7 Å². The van der Waals surface area contributed by atoms with E-state index in [1.165, 1.54) is 0 Å².